The number of ether oxygens (including phenoxy) is 1. The Morgan fingerprint density at radius 1 is 1.15 bits per heavy atom. The van der Waals surface area contributed by atoms with E-state index >= 15 is 0 Å². The van der Waals surface area contributed by atoms with E-state index in [1.54, 1.807) is 7.05 Å². The minimum Gasteiger partial charge on any atom is -0.443 e. The molecule has 2 aliphatic rings. The number of nitrogen functional groups attached to an aromatic ring is 1. The summed E-state index contributed by atoms with van der Waals surface area (Å²) in [5.41, 5.74) is 9.54. The lowest BCUT2D eigenvalue weighted by molar-refractivity contribution is 0.0589. The number of amides is 1. The zero-order valence-electron chi connectivity index (χ0n) is 27.3. The third-order valence-corrected chi connectivity index (χ3v) is 9.83. The second kappa shape index (κ2) is 12.0. The van der Waals surface area contributed by atoms with Crippen LogP contribution in [0, 0.1) is 11.3 Å². The molecule has 3 aromatic heterocycles. The molecule has 1 unspecified atom stereocenters. The van der Waals surface area contributed by atoms with Crippen molar-refractivity contribution in [2.45, 2.75) is 58.0 Å². The van der Waals surface area contributed by atoms with Gasteiger partial charge in [0, 0.05) is 49.4 Å². The molecule has 4 heterocycles. The van der Waals surface area contributed by atoms with E-state index in [1.807, 2.05) is 51.1 Å². The molecule has 2 N–H and O–H groups in total. The van der Waals surface area contributed by atoms with Crippen LogP contribution in [0.25, 0.3) is 22.6 Å². The number of nitrogens with two attached hydrogens (primary N) is 1. The van der Waals surface area contributed by atoms with Gasteiger partial charge in [-0.1, -0.05) is 17.3 Å². The number of aromatic nitrogens is 3. The molecular weight excluding hydrogens is 600 g/mol. The van der Waals surface area contributed by atoms with Gasteiger partial charge in [0.25, 0.3) is 0 Å². The number of piperazine rings is 1. The third kappa shape index (κ3) is 6.04. The molecule has 240 valence electrons. The highest BCUT2D eigenvalue weighted by molar-refractivity contribution is 7.16. The molecule has 46 heavy (non-hydrogen) atoms. The van der Waals surface area contributed by atoms with E-state index in [-0.39, 0.29) is 0 Å². The number of hydrogen-bond acceptors (Lipinski definition) is 11. The van der Waals surface area contributed by atoms with Gasteiger partial charge in [-0.3, -0.25) is 4.90 Å². The van der Waals surface area contributed by atoms with Gasteiger partial charge in [-0.2, -0.15) is 10.2 Å². The van der Waals surface area contributed by atoms with Crippen LogP contribution in [0.4, 0.5) is 21.3 Å². The smallest absolute Gasteiger partial charge is 0.414 e. The molecule has 6 rings (SSSR count). The van der Waals surface area contributed by atoms with Crippen molar-refractivity contribution >= 4 is 33.9 Å². The SMILES string of the molecule is CN1CCN(c2cc(-c3cccc(N(C)C(=O)OC(C)(C)C)c3)cc(-c3noc(C4(C)CCCc5sc(N)c(C#N)c54)n3)n2)CC1. The van der Waals surface area contributed by atoms with E-state index in [2.05, 4.69) is 41.1 Å². The molecule has 1 aromatic carbocycles. The van der Waals surface area contributed by atoms with Crippen LogP contribution < -0.4 is 15.5 Å². The summed E-state index contributed by atoms with van der Waals surface area (Å²) in [7, 11) is 3.83. The zero-order chi connectivity index (χ0) is 32.8. The molecule has 0 bridgehead atoms. The first kappa shape index (κ1) is 31.5. The Morgan fingerprint density at radius 3 is 2.63 bits per heavy atom. The normalized spacial score (nSPS) is 18.6. The Morgan fingerprint density at radius 2 is 1.91 bits per heavy atom. The Hall–Kier alpha value is -4.47. The van der Waals surface area contributed by atoms with Crippen LogP contribution in [-0.4, -0.2) is 72.0 Å². The van der Waals surface area contributed by atoms with Gasteiger partial charge in [0.1, 0.15) is 28.2 Å². The predicted octanol–water partition coefficient (Wildman–Crippen LogP) is 6.08. The molecule has 0 radical (unpaired) electrons. The lowest BCUT2D eigenvalue weighted by Gasteiger charge is -2.33. The number of fused-ring (bicyclic) bond motifs is 1. The van der Waals surface area contributed by atoms with Gasteiger partial charge in [-0.25, -0.2) is 9.78 Å². The first-order valence-corrected chi connectivity index (χ1v) is 16.4. The van der Waals surface area contributed by atoms with Gasteiger partial charge in [0.15, 0.2) is 0 Å². The predicted molar refractivity (Wildman–Crippen MR) is 180 cm³/mol. The Balaban J connectivity index is 1.40. The fourth-order valence-electron chi connectivity index (χ4n) is 6.19. The monoisotopic (exact) mass is 640 g/mol. The van der Waals surface area contributed by atoms with Crippen LogP contribution in [0.5, 0.6) is 0 Å². The number of carbonyl (C=O) groups excluding carboxylic acids is 1. The van der Waals surface area contributed by atoms with Gasteiger partial charge in [-0.15, -0.1) is 11.3 Å². The summed E-state index contributed by atoms with van der Waals surface area (Å²) in [4.78, 5) is 30.0. The number of rotatable bonds is 5. The van der Waals surface area contributed by atoms with Crippen LogP contribution in [0.3, 0.4) is 0 Å². The lowest BCUT2D eigenvalue weighted by atomic mass is 9.72. The van der Waals surface area contributed by atoms with E-state index in [0.717, 1.165) is 72.8 Å². The van der Waals surface area contributed by atoms with Crippen molar-refractivity contribution in [1.82, 2.24) is 20.0 Å². The standard InChI is InChI=1S/C34H40N8O3S/c1-33(2,3)44-32(43)41(6)23-10-7-9-21(17-23)22-18-25(37-27(19-22)42-15-13-40(5)14-16-42)30-38-31(45-39-30)34(4)12-8-11-26-28(34)24(20-35)29(36)46-26/h7,9-10,17-19H,8,11-16,36H2,1-6H3. The second-order valence-corrected chi connectivity index (χ2v) is 14.5. The molecule has 11 nitrogen and oxygen atoms in total. The van der Waals surface area contributed by atoms with Crippen molar-refractivity contribution < 1.29 is 14.1 Å². The molecule has 4 aromatic rings. The summed E-state index contributed by atoms with van der Waals surface area (Å²) in [6.07, 6.45) is 2.15. The van der Waals surface area contributed by atoms with Crippen molar-refractivity contribution in [3.05, 3.63) is 58.3 Å². The molecular formula is C34H40N8O3S. The summed E-state index contributed by atoms with van der Waals surface area (Å²) in [6, 6.07) is 14.1. The quantitative estimate of drug-likeness (QED) is 0.273. The summed E-state index contributed by atoms with van der Waals surface area (Å²) in [5.74, 6) is 1.65. The molecule has 1 aliphatic carbocycles. The van der Waals surface area contributed by atoms with E-state index in [9.17, 15) is 10.1 Å². The summed E-state index contributed by atoms with van der Waals surface area (Å²) in [5, 5.41) is 14.9. The maximum Gasteiger partial charge on any atom is 0.414 e. The average molecular weight is 641 g/mol. The van der Waals surface area contributed by atoms with Gasteiger partial charge in [0.05, 0.1) is 11.0 Å². The molecule has 12 heteroatoms. The number of pyridine rings is 1. The van der Waals surface area contributed by atoms with Crippen LogP contribution in [-0.2, 0) is 16.6 Å². The fraction of sp³-hybridized carbons (Fsp3) is 0.441. The molecule has 1 aliphatic heterocycles. The number of hydrogen-bond donors (Lipinski definition) is 1. The van der Waals surface area contributed by atoms with E-state index in [1.165, 1.54) is 16.2 Å². The number of thiophene rings is 1. The highest BCUT2D eigenvalue weighted by atomic mass is 32.1. The van der Waals surface area contributed by atoms with E-state index < -0.39 is 17.1 Å². The largest absolute Gasteiger partial charge is 0.443 e. The minimum absolute atomic E-state index is 0.379. The lowest BCUT2D eigenvalue weighted by Crippen LogP contribution is -2.44. The van der Waals surface area contributed by atoms with Crippen molar-refractivity contribution in [2.75, 3.05) is 55.8 Å². The molecule has 1 saturated heterocycles. The van der Waals surface area contributed by atoms with E-state index in [0.29, 0.717) is 33.7 Å². The summed E-state index contributed by atoms with van der Waals surface area (Å²) >= 11 is 1.48. The topological polar surface area (TPSA) is 138 Å². The highest BCUT2D eigenvalue weighted by Gasteiger charge is 2.43. The Bertz CT molecular complexity index is 1810. The maximum atomic E-state index is 12.8. The molecule has 0 spiro atoms. The minimum atomic E-state index is -0.628. The van der Waals surface area contributed by atoms with Gasteiger partial charge in [0.2, 0.25) is 11.7 Å². The number of nitrogens with zero attached hydrogens (tertiary/aromatic N) is 7. The van der Waals surface area contributed by atoms with Crippen molar-refractivity contribution in [2.24, 2.45) is 0 Å². The zero-order valence-corrected chi connectivity index (χ0v) is 28.1. The van der Waals surface area contributed by atoms with E-state index in [4.69, 9.17) is 25.0 Å². The summed E-state index contributed by atoms with van der Waals surface area (Å²) < 4.78 is 11.6. The number of carbonyl (C=O) groups is 1. The van der Waals surface area contributed by atoms with Gasteiger partial charge < -0.3 is 24.8 Å². The van der Waals surface area contributed by atoms with Gasteiger partial charge in [-0.05, 0) is 89.4 Å². The molecule has 1 fully saturated rings. The van der Waals surface area contributed by atoms with Crippen molar-refractivity contribution in [1.29, 1.82) is 5.26 Å². The van der Waals surface area contributed by atoms with Crippen LogP contribution >= 0.6 is 11.3 Å². The number of anilines is 3. The molecule has 1 amide bonds. The van der Waals surface area contributed by atoms with Crippen LogP contribution in [0.1, 0.15) is 62.4 Å². The first-order chi connectivity index (χ1) is 21.9. The maximum absolute atomic E-state index is 12.8. The third-order valence-electron chi connectivity index (χ3n) is 8.75. The number of likely N-dealkylation sites (N-methyl/N-ethyl adjacent to an activating group) is 1. The summed E-state index contributed by atoms with van der Waals surface area (Å²) in [6.45, 7) is 11.1. The van der Waals surface area contributed by atoms with Crippen molar-refractivity contribution in [3.63, 3.8) is 0 Å². The molecule has 0 saturated carbocycles. The second-order valence-electron chi connectivity index (χ2n) is 13.3. The van der Waals surface area contributed by atoms with Gasteiger partial charge >= 0.3 is 6.09 Å². The van der Waals surface area contributed by atoms with Crippen molar-refractivity contribution in [3.8, 4) is 28.7 Å². The number of aryl methyl sites for hydroxylation is 1. The highest BCUT2D eigenvalue weighted by Crippen LogP contribution is 2.48. The van der Waals surface area contributed by atoms with Crippen LogP contribution in [0.2, 0.25) is 0 Å². The fourth-order valence-corrected chi connectivity index (χ4v) is 7.38. The Labute approximate surface area is 273 Å². The first-order valence-electron chi connectivity index (χ1n) is 15.6. The Kier molecular flexibility index (Phi) is 8.25. The average Bonchev–Trinajstić information content (AvgIpc) is 3.66. The number of benzene rings is 1. The number of nitriles is 1. The van der Waals surface area contributed by atoms with Crippen LogP contribution in [0.15, 0.2) is 40.9 Å². The molecule has 1 atom stereocenters.